The third-order valence-corrected chi connectivity index (χ3v) is 5.29. The number of aromatic nitrogens is 4. The SMILES string of the molecule is CCOC(=O)C1CC[NH+](Cn2nnn(-c3ccc(C)cc3C)c2=S)CC1. The molecule has 1 fully saturated rings. The average Bonchev–Trinajstić information content (AvgIpc) is 2.96. The molecule has 1 N–H and O–H groups in total. The van der Waals surface area contributed by atoms with Crippen LogP contribution in [-0.2, 0) is 16.2 Å². The number of quaternary nitrogens is 1. The minimum absolute atomic E-state index is 0.0255. The van der Waals surface area contributed by atoms with Gasteiger partial charge in [-0.25, -0.2) is 0 Å². The molecule has 1 aliphatic rings. The molecule has 3 rings (SSSR count). The number of likely N-dealkylation sites (tertiary alicyclic amines) is 1. The van der Waals surface area contributed by atoms with E-state index in [-0.39, 0.29) is 11.9 Å². The van der Waals surface area contributed by atoms with E-state index in [1.54, 1.807) is 9.36 Å². The molecule has 1 aromatic heterocycles. The van der Waals surface area contributed by atoms with Crippen molar-refractivity contribution in [2.75, 3.05) is 19.7 Å². The number of carbonyl (C=O) groups is 1. The number of nitrogens with zero attached hydrogens (tertiary/aromatic N) is 4. The van der Waals surface area contributed by atoms with Gasteiger partial charge in [0.15, 0.2) is 6.67 Å². The Kier molecular flexibility index (Phi) is 5.83. The molecule has 0 unspecified atom stereocenters. The summed E-state index contributed by atoms with van der Waals surface area (Å²) >= 11 is 5.58. The minimum Gasteiger partial charge on any atom is -0.466 e. The molecular weight excluding hydrogens is 350 g/mol. The molecule has 7 nitrogen and oxygen atoms in total. The molecule has 1 aromatic carbocycles. The molecule has 0 radical (unpaired) electrons. The smallest absolute Gasteiger partial charge is 0.309 e. The van der Waals surface area contributed by atoms with E-state index in [0.29, 0.717) is 18.0 Å². The molecule has 0 amide bonds. The van der Waals surface area contributed by atoms with Crippen molar-refractivity contribution >= 4 is 18.2 Å². The van der Waals surface area contributed by atoms with Crippen LogP contribution in [0.1, 0.15) is 30.9 Å². The summed E-state index contributed by atoms with van der Waals surface area (Å²) < 4.78 is 9.21. The van der Waals surface area contributed by atoms with Gasteiger partial charge in [0, 0.05) is 12.8 Å². The number of piperidine rings is 1. The first-order chi connectivity index (χ1) is 12.5. The second-order valence-corrected chi connectivity index (χ2v) is 7.26. The maximum atomic E-state index is 11.9. The number of nitrogens with one attached hydrogen (secondary N) is 1. The molecule has 2 heterocycles. The van der Waals surface area contributed by atoms with Gasteiger partial charge in [0.25, 0.3) is 0 Å². The Morgan fingerprint density at radius 3 is 2.69 bits per heavy atom. The molecule has 0 bridgehead atoms. The van der Waals surface area contributed by atoms with E-state index < -0.39 is 0 Å². The van der Waals surface area contributed by atoms with Crippen molar-refractivity contribution in [3.05, 3.63) is 34.1 Å². The van der Waals surface area contributed by atoms with Gasteiger partial charge in [0.1, 0.15) is 0 Å². The molecule has 0 spiro atoms. The summed E-state index contributed by atoms with van der Waals surface area (Å²) in [7, 11) is 0. The van der Waals surface area contributed by atoms with E-state index in [9.17, 15) is 4.79 Å². The maximum Gasteiger partial charge on any atom is 0.309 e. The molecule has 0 saturated carbocycles. The standard InChI is InChI=1S/C18H25N5O2S/c1-4-25-17(24)15-7-9-21(10-8-15)12-22-18(26)23(20-19-22)16-6-5-13(2)11-14(16)3/h5-6,11,15H,4,7-10,12H2,1-3H3/p+1. The van der Waals surface area contributed by atoms with Gasteiger partial charge < -0.3 is 9.64 Å². The zero-order valence-electron chi connectivity index (χ0n) is 15.6. The lowest BCUT2D eigenvalue weighted by molar-refractivity contribution is -0.929. The van der Waals surface area contributed by atoms with Crippen molar-refractivity contribution in [2.24, 2.45) is 5.92 Å². The van der Waals surface area contributed by atoms with E-state index in [2.05, 4.69) is 36.4 Å². The van der Waals surface area contributed by atoms with E-state index in [4.69, 9.17) is 17.0 Å². The van der Waals surface area contributed by atoms with Crippen LogP contribution in [0, 0.1) is 24.5 Å². The number of ether oxygens (including phenoxy) is 1. The predicted molar refractivity (Wildman–Crippen MR) is 99.7 cm³/mol. The Balaban J connectivity index is 1.66. The van der Waals surface area contributed by atoms with Gasteiger partial charge in [0.05, 0.1) is 31.3 Å². The Morgan fingerprint density at radius 2 is 2.04 bits per heavy atom. The minimum atomic E-state index is -0.0658. The van der Waals surface area contributed by atoms with Crippen molar-refractivity contribution < 1.29 is 14.4 Å². The van der Waals surface area contributed by atoms with Crippen molar-refractivity contribution in [3.8, 4) is 5.69 Å². The summed E-state index contributed by atoms with van der Waals surface area (Å²) in [6.07, 6.45) is 1.68. The lowest BCUT2D eigenvalue weighted by atomic mass is 9.97. The van der Waals surface area contributed by atoms with Crippen molar-refractivity contribution in [2.45, 2.75) is 40.3 Å². The fraction of sp³-hybridized carbons (Fsp3) is 0.556. The molecule has 140 valence electrons. The molecular formula is C18H26N5O2S+. The molecule has 26 heavy (non-hydrogen) atoms. The summed E-state index contributed by atoms with van der Waals surface area (Å²) in [5.41, 5.74) is 3.29. The maximum absolute atomic E-state index is 11.9. The van der Waals surface area contributed by atoms with Crippen LogP contribution in [0.4, 0.5) is 0 Å². The van der Waals surface area contributed by atoms with Crippen molar-refractivity contribution in [1.29, 1.82) is 0 Å². The normalized spacial score (nSPS) is 20.1. The molecule has 8 heteroatoms. The third kappa shape index (κ3) is 4.02. The number of carbonyl (C=O) groups excluding carboxylic acids is 1. The van der Waals surface area contributed by atoms with Gasteiger partial charge in [0.2, 0.25) is 4.77 Å². The molecule has 1 saturated heterocycles. The van der Waals surface area contributed by atoms with Gasteiger partial charge in [-0.3, -0.25) is 4.79 Å². The number of hydrogen-bond donors (Lipinski definition) is 1. The first-order valence-corrected chi connectivity index (χ1v) is 9.51. The Bertz CT molecular complexity index is 836. The van der Waals surface area contributed by atoms with Crippen LogP contribution in [-0.4, -0.2) is 45.5 Å². The topological polar surface area (TPSA) is 66.4 Å². The first-order valence-electron chi connectivity index (χ1n) is 9.10. The van der Waals surface area contributed by atoms with Gasteiger partial charge in [-0.15, -0.1) is 0 Å². The predicted octanol–water partition coefficient (Wildman–Crippen LogP) is 1.23. The van der Waals surface area contributed by atoms with Crippen molar-refractivity contribution in [1.82, 2.24) is 19.8 Å². The second kappa shape index (κ2) is 8.09. The lowest BCUT2D eigenvalue weighted by Crippen LogP contribution is -3.12. The summed E-state index contributed by atoms with van der Waals surface area (Å²) in [6.45, 7) is 8.88. The number of hydrogen-bond acceptors (Lipinski definition) is 5. The lowest BCUT2D eigenvalue weighted by Gasteiger charge is -2.27. The first kappa shape index (κ1) is 18.7. The van der Waals surface area contributed by atoms with E-state index in [0.717, 1.165) is 37.2 Å². The summed E-state index contributed by atoms with van der Waals surface area (Å²) in [6, 6.07) is 6.19. The Labute approximate surface area is 158 Å². The highest BCUT2D eigenvalue weighted by Gasteiger charge is 2.28. The summed E-state index contributed by atoms with van der Waals surface area (Å²) in [5, 5.41) is 8.49. The molecule has 1 aliphatic heterocycles. The largest absolute Gasteiger partial charge is 0.466 e. The van der Waals surface area contributed by atoms with Crippen LogP contribution in [0.3, 0.4) is 0 Å². The van der Waals surface area contributed by atoms with Crippen LogP contribution < -0.4 is 4.90 Å². The van der Waals surface area contributed by atoms with E-state index >= 15 is 0 Å². The zero-order chi connectivity index (χ0) is 18.7. The average molecular weight is 377 g/mol. The summed E-state index contributed by atoms with van der Waals surface area (Å²) in [5.74, 6) is -0.0403. The highest BCUT2D eigenvalue weighted by Crippen LogP contribution is 2.15. The highest BCUT2D eigenvalue weighted by molar-refractivity contribution is 7.71. The highest BCUT2D eigenvalue weighted by atomic mass is 32.1. The Morgan fingerprint density at radius 1 is 1.31 bits per heavy atom. The van der Waals surface area contributed by atoms with Gasteiger partial charge in [-0.1, -0.05) is 17.7 Å². The van der Waals surface area contributed by atoms with Gasteiger partial charge in [-0.2, -0.15) is 9.36 Å². The number of rotatable bonds is 5. The zero-order valence-corrected chi connectivity index (χ0v) is 16.4. The van der Waals surface area contributed by atoms with Crippen LogP contribution in [0.15, 0.2) is 18.2 Å². The van der Waals surface area contributed by atoms with Crippen LogP contribution in [0.25, 0.3) is 5.69 Å². The monoisotopic (exact) mass is 376 g/mol. The van der Waals surface area contributed by atoms with Crippen LogP contribution >= 0.6 is 12.2 Å². The van der Waals surface area contributed by atoms with E-state index in [1.807, 2.05) is 13.0 Å². The quantitative estimate of drug-likeness (QED) is 0.628. The van der Waals surface area contributed by atoms with Crippen LogP contribution in [0.2, 0.25) is 0 Å². The molecule has 0 atom stereocenters. The van der Waals surface area contributed by atoms with Crippen LogP contribution in [0.5, 0.6) is 0 Å². The Hall–Kier alpha value is -2.06. The fourth-order valence-electron chi connectivity index (χ4n) is 3.46. The summed E-state index contributed by atoms with van der Waals surface area (Å²) in [4.78, 5) is 13.2. The number of aryl methyl sites for hydroxylation is 2. The van der Waals surface area contributed by atoms with Crippen molar-refractivity contribution in [3.63, 3.8) is 0 Å². The van der Waals surface area contributed by atoms with Gasteiger partial charge >= 0.3 is 5.97 Å². The molecule has 0 aliphatic carbocycles. The number of tetrazole rings is 1. The fourth-order valence-corrected chi connectivity index (χ4v) is 3.70. The molecule has 2 aromatic rings. The third-order valence-electron chi connectivity index (χ3n) is 4.91. The second-order valence-electron chi connectivity index (χ2n) is 6.90. The van der Waals surface area contributed by atoms with Gasteiger partial charge in [-0.05, 0) is 55.0 Å². The van der Waals surface area contributed by atoms with E-state index in [1.165, 1.54) is 10.5 Å². The number of esters is 1. The number of benzene rings is 1.